The minimum absolute atomic E-state index is 0.331. The van der Waals surface area contributed by atoms with Gasteiger partial charge in [-0.1, -0.05) is 18.5 Å². The summed E-state index contributed by atoms with van der Waals surface area (Å²) in [4.78, 5) is 7.76. The number of halogens is 1. The quantitative estimate of drug-likeness (QED) is 0.682. The van der Waals surface area contributed by atoms with Gasteiger partial charge in [-0.15, -0.1) is 0 Å². The van der Waals surface area contributed by atoms with Gasteiger partial charge in [-0.2, -0.15) is 4.98 Å². The van der Waals surface area contributed by atoms with E-state index in [1.54, 1.807) is 0 Å². The molecule has 0 saturated heterocycles. The van der Waals surface area contributed by atoms with E-state index in [0.717, 1.165) is 13.0 Å². The fraction of sp³-hybridized carbons (Fsp3) is 0.556. The van der Waals surface area contributed by atoms with Crippen molar-refractivity contribution < 1.29 is 9.47 Å². The van der Waals surface area contributed by atoms with Crippen LogP contribution >= 0.6 is 11.6 Å². The summed E-state index contributed by atoms with van der Waals surface area (Å²) in [5.41, 5.74) is 0. The summed E-state index contributed by atoms with van der Waals surface area (Å²) in [5, 5.41) is 0.331. The molecule has 0 amide bonds. The molecule has 0 bridgehead atoms. The highest BCUT2D eigenvalue weighted by atomic mass is 35.5. The number of ether oxygens (including phenoxy) is 2. The number of aromatic nitrogens is 2. The van der Waals surface area contributed by atoms with Crippen molar-refractivity contribution in [2.75, 3.05) is 19.8 Å². The van der Waals surface area contributed by atoms with Gasteiger partial charge in [0.05, 0.1) is 19.0 Å². The van der Waals surface area contributed by atoms with E-state index in [4.69, 9.17) is 21.1 Å². The molecule has 1 aromatic rings. The molecule has 5 heteroatoms. The highest BCUT2D eigenvalue weighted by molar-refractivity contribution is 6.29. The van der Waals surface area contributed by atoms with E-state index in [9.17, 15) is 0 Å². The molecule has 0 aromatic carbocycles. The average Bonchev–Trinajstić information content (AvgIpc) is 2.18. The maximum atomic E-state index is 5.62. The van der Waals surface area contributed by atoms with Crippen LogP contribution in [-0.2, 0) is 4.74 Å². The molecule has 0 N–H and O–H groups in total. The van der Waals surface area contributed by atoms with Gasteiger partial charge in [-0.05, 0) is 6.42 Å². The summed E-state index contributed by atoms with van der Waals surface area (Å²) in [5.74, 6) is 0.428. The Hall–Kier alpha value is -0.870. The molecule has 4 nitrogen and oxygen atoms in total. The topological polar surface area (TPSA) is 44.2 Å². The highest BCUT2D eigenvalue weighted by Crippen LogP contribution is 2.08. The van der Waals surface area contributed by atoms with E-state index in [1.807, 2.05) is 0 Å². The fourth-order valence-electron chi connectivity index (χ4n) is 0.847. The Morgan fingerprint density at radius 3 is 2.86 bits per heavy atom. The highest BCUT2D eigenvalue weighted by Gasteiger charge is 1.96. The number of rotatable bonds is 6. The molecule has 1 heterocycles. The van der Waals surface area contributed by atoms with Crippen LogP contribution < -0.4 is 4.74 Å². The number of hydrogen-bond donors (Lipinski definition) is 0. The van der Waals surface area contributed by atoms with E-state index < -0.39 is 0 Å². The van der Waals surface area contributed by atoms with E-state index in [1.165, 1.54) is 12.4 Å². The Bertz CT molecular complexity index is 271. The normalized spacial score (nSPS) is 10.1. The molecule has 0 unspecified atom stereocenters. The second-order valence-corrected chi connectivity index (χ2v) is 3.03. The molecule has 1 aromatic heterocycles. The van der Waals surface area contributed by atoms with Gasteiger partial charge in [-0.25, -0.2) is 0 Å². The third-order valence-corrected chi connectivity index (χ3v) is 1.59. The second-order valence-electron chi connectivity index (χ2n) is 2.64. The zero-order valence-corrected chi connectivity index (χ0v) is 8.83. The maximum Gasteiger partial charge on any atom is 0.233 e. The van der Waals surface area contributed by atoms with E-state index >= 15 is 0 Å². The molecular weight excluding hydrogens is 204 g/mol. The number of hydrogen-bond acceptors (Lipinski definition) is 4. The predicted molar refractivity (Wildman–Crippen MR) is 53.6 cm³/mol. The molecule has 0 atom stereocenters. The van der Waals surface area contributed by atoms with Crippen LogP contribution in [0.25, 0.3) is 0 Å². The molecule has 0 aliphatic carbocycles. The number of nitrogens with zero attached hydrogens (tertiary/aromatic N) is 2. The lowest BCUT2D eigenvalue weighted by molar-refractivity contribution is 0.0989. The fourth-order valence-corrected chi connectivity index (χ4v) is 0.986. The van der Waals surface area contributed by atoms with Crippen molar-refractivity contribution in [3.8, 4) is 5.88 Å². The summed E-state index contributed by atoms with van der Waals surface area (Å²) < 4.78 is 10.5. The first-order valence-corrected chi connectivity index (χ1v) is 4.89. The van der Waals surface area contributed by atoms with Gasteiger partial charge in [0.25, 0.3) is 0 Å². The zero-order chi connectivity index (χ0) is 10.2. The molecule has 0 spiro atoms. The molecule has 0 aliphatic rings. The van der Waals surface area contributed by atoms with Gasteiger partial charge < -0.3 is 9.47 Å². The standard InChI is InChI=1S/C9H13ClN2O2/c1-2-3-13-4-5-14-9-7-11-6-8(10)12-9/h6-7H,2-5H2,1H3. The first-order valence-electron chi connectivity index (χ1n) is 4.51. The molecule has 1 rings (SSSR count). The van der Waals surface area contributed by atoms with Crippen molar-refractivity contribution in [2.45, 2.75) is 13.3 Å². The lowest BCUT2D eigenvalue weighted by Gasteiger charge is -2.04. The van der Waals surface area contributed by atoms with Crippen LogP contribution in [0.3, 0.4) is 0 Å². The monoisotopic (exact) mass is 216 g/mol. The van der Waals surface area contributed by atoms with Gasteiger partial charge in [0, 0.05) is 6.61 Å². The summed E-state index contributed by atoms with van der Waals surface area (Å²) in [6, 6.07) is 0. The summed E-state index contributed by atoms with van der Waals surface area (Å²) in [7, 11) is 0. The van der Waals surface area contributed by atoms with Crippen molar-refractivity contribution >= 4 is 11.6 Å². The Morgan fingerprint density at radius 2 is 2.14 bits per heavy atom. The second kappa shape index (κ2) is 6.56. The van der Waals surface area contributed by atoms with Gasteiger partial charge in [0.1, 0.15) is 6.61 Å². The van der Waals surface area contributed by atoms with E-state index in [-0.39, 0.29) is 0 Å². The van der Waals surface area contributed by atoms with E-state index in [0.29, 0.717) is 24.2 Å². The van der Waals surface area contributed by atoms with Crippen molar-refractivity contribution in [1.29, 1.82) is 0 Å². The van der Waals surface area contributed by atoms with Gasteiger partial charge in [0.2, 0.25) is 5.88 Å². The minimum Gasteiger partial charge on any atom is -0.474 e. The largest absolute Gasteiger partial charge is 0.474 e. The summed E-state index contributed by atoms with van der Waals surface area (Å²) >= 11 is 5.62. The molecular formula is C9H13ClN2O2. The third kappa shape index (κ3) is 4.39. The lowest BCUT2D eigenvalue weighted by atomic mass is 10.5. The first kappa shape index (κ1) is 11.2. The summed E-state index contributed by atoms with van der Waals surface area (Å²) in [6.45, 7) is 3.84. The Kier molecular flexibility index (Phi) is 5.25. The van der Waals surface area contributed by atoms with Crippen LogP contribution in [0.15, 0.2) is 12.4 Å². The van der Waals surface area contributed by atoms with Gasteiger partial charge >= 0.3 is 0 Å². The Balaban J connectivity index is 2.18. The molecule has 0 saturated carbocycles. The molecule has 0 radical (unpaired) electrons. The van der Waals surface area contributed by atoms with Crippen LogP contribution in [-0.4, -0.2) is 29.8 Å². The van der Waals surface area contributed by atoms with E-state index in [2.05, 4.69) is 16.9 Å². The maximum absolute atomic E-state index is 5.62. The molecule has 78 valence electrons. The van der Waals surface area contributed by atoms with Crippen LogP contribution in [0, 0.1) is 0 Å². The van der Waals surface area contributed by atoms with Crippen LogP contribution in [0.2, 0.25) is 5.15 Å². The SMILES string of the molecule is CCCOCCOc1cncc(Cl)n1. The van der Waals surface area contributed by atoms with Gasteiger partial charge in [0.15, 0.2) is 5.15 Å². The minimum atomic E-state index is 0.331. The third-order valence-electron chi connectivity index (χ3n) is 1.41. The Labute approximate surface area is 88.2 Å². The van der Waals surface area contributed by atoms with Gasteiger partial charge in [-0.3, -0.25) is 4.98 Å². The molecule has 14 heavy (non-hydrogen) atoms. The first-order chi connectivity index (χ1) is 6.83. The van der Waals surface area contributed by atoms with Crippen LogP contribution in [0.1, 0.15) is 13.3 Å². The van der Waals surface area contributed by atoms with Crippen LogP contribution in [0.4, 0.5) is 0 Å². The molecule has 0 fully saturated rings. The Morgan fingerprint density at radius 1 is 1.29 bits per heavy atom. The lowest BCUT2D eigenvalue weighted by Crippen LogP contribution is -2.08. The van der Waals surface area contributed by atoms with Crippen molar-refractivity contribution in [1.82, 2.24) is 9.97 Å². The van der Waals surface area contributed by atoms with Crippen LogP contribution in [0.5, 0.6) is 5.88 Å². The summed E-state index contributed by atoms with van der Waals surface area (Å²) in [6.07, 6.45) is 3.99. The smallest absolute Gasteiger partial charge is 0.233 e. The predicted octanol–water partition coefficient (Wildman–Crippen LogP) is 1.94. The van der Waals surface area contributed by atoms with Crippen molar-refractivity contribution in [2.24, 2.45) is 0 Å². The van der Waals surface area contributed by atoms with Crippen molar-refractivity contribution in [3.05, 3.63) is 17.5 Å². The average molecular weight is 217 g/mol. The molecule has 0 aliphatic heterocycles. The zero-order valence-electron chi connectivity index (χ0n) is 8.07. The van der Waals surface area contributed by atoms with Crippen molar-refractivity contribution in [3.63, 3.8) is 0 Å².